The molecule has 6 nitrogen and oxygen atoms in total. The van der Waals surface area contributed by atoms with E-state index in [1.54, 1.807) is 18.2 Å². The van der Waals surface area contributed by atoms with E-state index >= 15 is 0 Å². The zero-order valence-electron chi connectivity index (χ0n) is 7.24. The number of nitrogens with zero attached hydrogens (tertiary/aromatic N) is 1. The van der Waals surface area contributed by atoms with E-state index in [4.69, 9.17) is 17.0 Å². The van der Waals surface area contributed by atoms with Gasteiger partial charge in [-0.25, -0.2) is 9.47 Å². The standard InChI is InChI=1S/C8H9N5O/c9-7(10)4-1-2-6-5(3-4)12-8(14)13(6)11/h1-3H,11H2,(H3,9,10)(H,12,14). The first-order valence-electron chi connectivity index (χ1n) is 3.94. The van der Waals surface area contributed by atoms with Gasteiger partial charge >= 0.3 is 5.69 Å². The van der Waals surface area contributed by atoms with Crippen LogP contribution in [0.3, 0.4) is 0 Å². The van der Waals surface area contributed by atoms with Gasteiger partial charge in [0.15, 0.2) is 0 Å². The molecule has 6 N–H and O–H groups in total. The van der Waals surface area contributed by atoms with Crippen LogP contribution in [0.2, 0.25) is 0 Å². The maximum absolute atomic E-state index is 11.1. The first-order valence-corrected chi connectivity index (χ1v) is 3.94. The summed E-state index contributed by atoms with van der Waals surface area (Å²) >= 11 is 0. The largest absolute Gasteiger partial charge is 0.384 e. The Morgan fingerprint density at radius 2 is 2.21 bits per heavy atom. The van der Waals surface area contributed by atoms with E-state index in [0.29, 0.717) is 16.6 Å². The summed E-state index contributed by atoms with van der Waals surface area (Å²) in [5.41, 5.74) is 6.63. The molecule has 0 atom stereocenters. The molecular weight excluding hydrogens is 182 g/mol. The van der Waals surface area contributed by atoms with Crippen LogP contribution in [-0.4, -0.2) is 15.5 Å². The highest BCUT2D eigenvalue weighted by Crippen LogP contribution is 2.10. The van der Waals surface area contributed by atoms with Crippen molar-refractivity contribution in [3.63, 3.8) is 0 Å². The van der Waals surface area contributed by atoms with Gasteiger partial charge in [-0.05, 0) is 18.2 Å². The SMILES string of the molecule is N=C(N)c1ccc2c(c1)[nH]c(=O)n2N. The van der Waals surface area contributed by atoms with E-state index in [-0.39, 0.29) is 11.5 Å². The van der Waals surface area contributed by atoms with Crippen molar-refractivity contribution in [2.24, 2.45) is 5.73 Å². The minimum absolute atomic E-state index is 0.0440. The minimum atomic E-state index is -0.388. The van der Waals surface area contributed by atoms with Crippen LogP contribution in [0, 0.1) is 5.41 Å². The number of aromatic amines is 1. The zero-order valence-corrected chi connectivity index (χ0v) is 7.24. The molecule has 0 fully saturated rings. The van der Waals surface area contributed by atoms with E-state index in [2.05, 4.69) is 4.98 Å². The van der Waals surface area contributed by atoms with Crippen LogP contribution < -0.4 is 17.3 Å². The Balaban J connectivity index is 2.80. The first kappa shape index (κ1) is 8.36. The molecule has 0 unspecified atom stereocenters. The molecule has 0 saturated carbocycles. The average Bonchev–Trinajstić information content (AvgIpc) is 2.42. The van der Waals surface area contributed by atoms with Crippen molar-refractivity contribution in [1.29, 1.82) is 5.41 Å². The molecule has 6 heteroatoms. The molecular formula is C8H9N5O. The number of hydrogen-bond donors (Lipinski definition) is 4. The van der Waals surface area contributed by atoms with Gasteiger partial charge in [-0.2, -0.15) is 0 Å². The number of H-pyrrole nitrogens is 1. The van der Waals surface area contributed by atoms with Gasteiger partial charge in [0.25, 0.3) is 0 Å². The van der Waals surface area contributed by atoms with E-state index in [9.17, 15) is 4.79 Å². The summed E-state index contributed by atoms with van der Waals surface area (Å²) in [6, 6.07) is 4.90. The summed E-state index contributed by atoms with van der Waals surface area (Å²) in [6.07, 6.45) is 0. The maximum atomic E-state index is 11.1. The Hall–Kier alpha value is -2.24. The van der Waals surface area contributed by atoms with Crippen molar-refractivity contribution in [1.82, 2.24) is 9.66 Å². The second-order valence-electron chi connectivity index (χ2n) is 2.95. The maximum Gasteiger partial charge on any atom is 0.344 e. The van der Waals surface area contributed by atoms with Crippen LogP contribution in [0.4, 0.5) is 0 Å². The van der Waals surface area contributed by atoms with Gasteiger partial charge in [0, 0.05) is 5.56 Å². The number of rotatable bonds is 1. The van der Waals surface area contributed by atoms with Gasteiger partial charge in [0.2, 0.25) is 0 Å². The molecule has 0 aliphatic heterocycles. The predicted molar refractivity (Wildman–Crippen MR) is 53.7 cm³/mol. The summed E-state index contributed by atoms with van der Waals surface area (Å²) in [4.78, 5) is 13.7. The Morgan fingerprint density at radius 3 is 2.86 bits per heavy atom. The molecule has 0 radical (unpaired) electrons. The normalized spacial score (nSPS) is 10.6. The number of nitrogens with two attached hydrogens (primary N) is 2. The smallest absolute Gasteiger partial charge is 0.344 e. The molecule has 1 aromatic carbocycles. The minimum Gasteiger partial charge on any atom is -0.384 e. The van der Waals surface area contributed by atoms with Gasteiger partial charge in [0.05, 0.1) is 11.0 Å². The molecule has 2 rings (SSSR count). The molecule has 0 spiro atoms. The van der Waals surface area contributed by atoms with Crippen LogP contribution in [-0.2, 0) is 0 Å². The van der Waals surface area contributed by atoms with Gasteiger partial charge in [-0.3, -0.25) is 5.41 Å². The fraction of sp³-hybridized carbons (Fsp3) is 0. The summed E-state index contributed by atoms with van der Waals surface area (Å²) in [5.74, 6) is 5.41. The third kappa shape index (κ3) is 1.05. The number of nitrogen functional groups attached to an aromatic ring is 2. The highest BCUT2D eigenvalue weighted by molar-refractivity contribution is 5.97. The molecule has 1 heterocycles. The third-order valence-electron chi connectivity index (χ3n) is 2.03. The molecule has 2 aromatic rings. The van der Waals surface area contributed by atoms with Crippen LogP contribution in [0.5, 0.6) is 0 Å². The number of aromatic nitrogens is 2. The first-order chi connectivity index (χ1) is 6.59. The molecule has 0 aliphatic rings. The van der Waals surface area contributed by atoms with Crippen molar-refractivity contribution in [2.45, 2.75) is 0 Å². The number of hydrogen-bond acceptors (Lipinski definition) is 3. The molecule has 14 heavy (non-hydrogen) atoms. The summed E-state index contributed by atoms with van der Waals surface area (Å²) in [7, 11) is 0. The Bertz CT molecular complexity index is 565. The summed E-state index contributed by atoms with van der Waals surface area (Å²) in [5, 5.41) is 7.22. The van der Waals surface area contributed by atoms with Gasteiger partial charge < -0.3 is 16.6 Å². The van der Waals surface area contributed by atoms with E-state index in [1.807, 2.05) is 0 Å². The number of benzene rings is 1. The predicted octanol–water partition coefficient (Wildman–Crippen LogP) is -0.673. The Morgan fingerprint density at radius 1 is 1.50 bits per heavy atom. The van der Waals surface area contributed by atoms with Crippen molar-refractivity contribution in [2.75, 3.05) is 5.84 Å². The van der Waals surface area contributed by atoms with Gasteiger partial charge in [0.1, 0.15) is 5.84 Å². The van der Waals surface area contributed by atoms with E-state index in [1.165, 1.54) is 0 Å². The Kier molecular flexibility index (Phi) is 1.57. The zero-order chi connectivity index (χ0) is 10.3. The van der Waals surface area contributed by atoms with E-state index in [0.717, 1.165) is 4.68 Å². The van der Waals surface area contributed by atoms with Crippen LogP contribution in [0.15, 0.2) is 23.0 Å². The molecule has 1 aromatic heterocycles. The number of amidine groups is 1. The van der Waals surface area contributed by atoms with Crippen molar-refractivity contribution in [3.8, 4) is 0 Å². The fourth-order valence-electron chi connectivity index (χ4n) is 1.30. The molecule has 72 valence electrons. The lowest BCUT2D eigenvalue weighted by atomic mass is 10.2. The highest BCUT2D eigenvalue weighted by Gasteiger charge is 2.05. The highest BCUT2D eigenvalue weighted by atomic mass is 16.1. The monoisotopic (exact) mass is 191 g/mol. The lowest BCUT2D eigenvalue weighted by Crippen LogP contribution is -2.23. The molecule has 0 amide bonds. The summed E-state index contributed by atoms with van der Waals surface area (Å²) < 4.78 is 1.01. The molecule has 0 aliphatic carbocycles. The van der Waals surface area contributed by atoms with Crippen molar-refractivity contribution >= 4 is 16.9 Å². The van der Waals surface area contributed by atoms with Crippen LogP contribution >= 0.6 is 0 Å². The van der Waals surface area contributed by atoms with Gasteiger partial charge in [-0.15, -0.1) is 0 Å². The lowest BCUT2D eigenvalue weighted by Gasteiger charge is -1.97. The second kappa shape index (κ2) is 2.63. The second-order valence-corrected chi connectivity index (χ2v) is 2.95. The topological polar surface area (TPSA) is 114 Å². The fourth-order valence-corrected chi connectivity index (χ4v) is 1.30. The van der Waals surface area contributed by atoms with Crippen LogP contribution in [0.25, 0.3) is 11.0 Å². The summed E-state index contributed by atoms with van der Waals surface area (Å²) in [6.45, 7) is 0. The lowest BCUT2D eigenvalue weighted by molar-refractivity contribution is 0.967. The number of imidazole rings is 1. The molecule has 0 saturated heterocycles. The van der Waals surface area contributed by atoms with Crippen LogP contribution in [0.1, 0.15) is 5.56 Å². The average molecular weight is 191 g/mol. The quantitative estimate of drug-likeness (QED) is 0.272. The van der Waals surface area contributed by atoms with Crippen molar-refractivity contribution < 1.29 is 0 Å². The van der Waals surface area contributed by atoms with Crippen molar-refractivity contribution in [3.05, 3.63) is 34.2 Å². The molecule has 0 bridgehead atoms. The third-order valence-corrected chi connectivity index (χ3v) is 2.03. The van der Waals surface area contributed by atoms with E-state index < -0.39 is 0 Å². The van der Waals surface area contributed by atoms with Gasteiger partial charge in [-0.1, -0.05) is 0 Å². The number of nitrogens with one attached hydrogen (secondary N) is 2. The Labute approximate surface area is 78.6 Å². The number of fused-ring (bicyclic) bond motifs is 1.